The second kappa shape index (κ2) is 6.32. The van der Waals surface area contributed by atoms with Crippen molar-refractivity contribution in [3.63, 3.8) is 0 Å². The smallest absolute Gasteiger partial charge is 0.335 e. The number of pyridine rings is 1. The number of urea groups is 1. The number of aromatic carboxylic acids is 1. The molecule has 20 heavy (non-hydrogen) atoms. The lowest BCUT2D eigenvalue weighted by Crippen LogP contribution is -2.35. The molecule has 0 radical (unpaired) electrons. The fourth-order valence-electron chi connectivity index (χ4n) is 1.50. The highest BCUT2D eigenvalue weighted by molar-refractivity contribution is 5.87. The number of carbonyl (C=O) groups excluding carboxylic acids is 1. The van der Waals surface area contributed by atoms with Crippen LogP contribution in [0.15, 0.2) is 30.7 Å². The van der Waals surface area contributed by atoms with E-state index in [4.69, 9.17) is 5.11 Å². The van der Waals surface area contributed by atoms with Gasteiger partial charge in [-0.1, -0.05) is 0 Å². The number of rotatable bonds is 5. The monoisotopic (exact) mass is 275 g/mol. The number of hydrogen-bond donors (Lipinski definition) is 4. The van der Waals surface area contributed by atoms with Crippen molar-refractivity contribution < 1.29 is 14.7 Å². The van der Waals surface area contributed by atoms with Crippen LogP contribution in [0.5, 0.6) is 0 Å². The van der Waals surface area contributed by atoms with Gasteiger partial charge in [0.1, 0.15) is 5.82 Å². The molecule has 0 fully saturated rings. The lowest BCUT2D eigenvalue weighted by Gasteiger charge is -2.06. The highest BCUT2D eigenvalue weighted by Crippen LogP contribution is 2.01. The average molecular weight is 275 g/mol. The average Bonchev–Trinajstić information content (AvgIpc) is 2.96. The van der Waals surface area contributed by atoms with E-state index >= 15 is 0 Å². The zero-order chi connectivity index (χ0) is 14.4. The summed E-state index contributed by atoms with van der Waals surface area (Å²) in [5.74, 6) is -0.387. The summed E-state index contributed by atoms with van der Waals surface area (Å²) < 4.78 is 0. The van der Waals surface area contributed by atoms with Crippen molar-refractivity contribution in [1.29, 1.82) is 0 Å². The standard InChI is InChI=1S/C12H13N5O3/c18-11(19)8-1-2-13-9(5-8)6-16-12(20)17-7-10-14-3-4-15-10/h1-5H,6-7H2,(H,14,15)(H,18,19)(H2,16,17,20). The third-order valence-corrected chi connectivity index (χ3v) is 2.46. The Hall–Kier alpha value is -2.90. The van der Waals surface area contributed by atoms with E-state index in [1.54, 1.807) is 12.4 Å². The van der Waals surface area contributed by atoms with Gasteiger partial charge in [-0.2, -0.15) is 0 Å². The summed E-state index contributed by atoms with van der Waals surface area (Å²) in [7, 11) is 0. The molecular formula is C12H13N5O3. The maximum atomic E-state index is 11.5. The van der Waals surface area contributed by atoms with Crippen LogP contribution in [0.2, 0.25) is 0 Å². The number of hydrogen-bond acceptors (Lipinski definition) is 4. The number of amides is 2. The quantitative estimate of drug-likeness (QED) is 0.633. The normalized spacial score (nSPS) is 10.0. The minimum Gasteiger partial charge on any atom is -0.478 e. The summed E-state index contributed by atoms with van der Waals surface area (Å²) in [6.07, 6.45) is 4.65. The maximum absolute atomic E-state index is 11.5. The predicted molar refractivity (Wildman–Crippen MR) is 68.9 cm³/mol. The van der Waals surface area contributed by atoms with Gasteiger partial charge in [-0.05, 0) is 12.1 Å². The Kier molecular flexibility index (Phi) is 4.28. The highest BCUT2D eigenvalue weighted by atomic mass is 16.4. The summed E-state index contributed by atoms with van der Waals surface area (Å²) >= 11 is 0. The van der Waals surface area contributed by atoms with Crippen molar-refractivity contribution in [2.75, 3.05) is 0 Å². The number of H-pyrrole nitrogens is 1. The van der Waals surface area contributed by atoms with Crippen molar-refractivity contribution >= 4 is 12.0 Å². The van der Waals surface area contributed by atoms with Crippen LogP contribution in [0.1, 0.15) is 21.9 Å². The molecule has 2 aromatic heterocycles. The van der Waals surface area contributed by atoms with Crippen molar-refractivity contribution in [3.05, 3.63) is 47.8 Å². The van der Waals surface area contributed by atoms with E-state index in [1.165, 1.54) is 18.3 Å². The Bertz CT molecular complexity index is 597. The molecule has 0 saturated heterocycles. The van der Waals surface area contributed by atoms with Crippen LogP contribution >= 0.6 is 0 Å². The van der Waals surface area contributed by atoms with E-state index in [2.05, 4.69) is 25.6 Å². The summed E-state index contributed by atoms with van der Waals surface area (Å²) in [5, 5.41) is 14.0. The Labute approximate surface area is 114 Å². The third-order valence-electron chi connectivity index (χ3n) is 2.46. The molecule has 0 aromatic carbocycles. The number of nitrogens with one attached hydrogen (secondary N) is 3. The molecule has 2 rings (SSSR count). The minimum absolute atomic E-state index is 0.132. The fraction of sp³-hybridized carbons (Fsp3) is 0.167. The van der Waals surface area contributed by atoms with Crippen molar-refractivity contribution in [2.45, 2.75) is 13.1 Å². The molecule has 0 aliphatic carbocycles. The molecule has 104 valence electrons. The van der Waals surface area contributed by atoms with E-state index in [0.717, 1.165) is 0 Å². The van der Waals surface area contributed by atoms with E-state index in [1.807, 2.05) is 0 Å². The van der Waals surface area contributed by atoms with Gasteiger partial charge in [-0.25, -0.2) is 14.6 Å². The summed E-state index contributed by atoms with van der Waals surface area (Å²) in [5.41, 5.74) is 0.603. The van der Waals surface area contributed by atoms with Crippen LogP contribution in [-0.2, 0) is 13.1 Å². The molecule has 0 aliphatic rings. The Morgan fingerprint density at radius 1 is 1.20 bits per heavy atom. The van der Waals surface area contributed by atoms with E-state index in [-0.39, 0.29) is 24.7 Å². The van der Waals surface area contributed by atoms with Crippen LogP contribution < -0.4 is 10.6 Å². The van der Waals surface area contributed by atoms with Crippen LogP contribution in [0.25, 0.3) is 0 Å². The Morgan fingerprint density at radius 2 is 2.00 bits per heavy atom. The molecule has 0 unspecified atom stereocenters. The van der Waals surface area contributed by atoms with Crippen molar-refractivity contribution in [3.8, 4) is 0 Å². The van der Waals surface area contributed by atoms with Crippen LogP contribution in [-0.4, -0.2) is 32.1 Å². The lowest BCUT2D eigenvalue weighted by molar-refractivity contribution is 0.0696. The molecule has 8 heteroatoms. The largest absolute Gasteiger partial charge is 0.478 e. The van der Waals surface area contributed by atoms with Gasteiger partial charge >= 0.3 is 12.0 Å². The summed E-state index contributed by atoms with van der Waals surface area (Å²) in [6.45, 7) is 0.423. The van der Waals surface area contributed by atoms with Gasteiger partial charge in [0.05, 0.1) is 24.3 Å². The maximum Gasteiger partial charge on any atom is 0.335 e. The molecule has 0 atom stereocenters. The van der Waals surface area contributed by atoms with Gasteiger partial charge in [-0.15, -0.1) is 0 Å². The van der Waals surface area contributed by atoms with E-state index in [0.29, 0.717) is 11.5 Å². The molecule has 4 N–H and O–H groups in total. The number of carbonyl (C=O) groups is 2. The van der Waals surface area contributed by atoms with Gasteiger partial charge < -0.3 is 20.7 Å². The third kappa shape index (κ3) is 3.80. The number of aromatic nitrogens is 3. The fourth-order valence-corrected chi connectivity index (χ4v) is 1.50. The SMILES string of the molecule is O=C(NCc1cc(C(=O)O)ccn1)NCc1ncc[nH]1. The highest BCUT2D eigenvalue weighted by Gasteiger charge is 2.06. The van der Waals surface area contributed by atoms with Crippen LogP contribution in [0, 0.1) is 0 Å². The molecular weight excluding hydrogens is 262 g/mol. The molecule has 2 aromatic rings. The van der Waals surface area contributed by atoms with Crippen molar-refractivity contribution in [1.82, 2.24) is 25.6 Å². The zero-order valence-corrected chi connectivity index (χ0v) is 10.5. The second-order valence-corrected chi connectivity index (χ2v) is 3.91. The van der Waals surface area contributed by atoms with E-state index < -0.39 is 5.97 Å². The second-order valence-electron chi connectivity index (χ2n) is 3.91. The zero-order valence-electron chi connectivity index (χ0n) is 10.5. The van der Waals surface area contributed by atoms with Gasteiger partial charge in [0.25, 0.3) is 0 Å². The first-order chi connectivity index (χ1) is 9.65. The van der Waals surface area contributed by atoms with Crippen LogP contribution in [0.3, 0.4) is 0 Å². The summed E-state index contributed by atoms with van der Waals surface area (Å²) in [4.78, 5) is 33.1. The molecule has 0 aliphatic heterocycles. The first-order valence-corrected chi connectivity index (χ1v) is 5.83. The number of imidazole rings is 1. The molecule has 2 heterocycles. The summed E-state index contributed by atoms with van der Waals surface area (Å²) in [6, 6.07) is 2.42. The van der Waals surface area contributed by atoms with E-state index in [9.17, 15) is 9.59 Å². The number of aromatic amines is 1. The number of carboxylic acid groups (broad SMARTS) is 1. The number of carboxylic acids is 1. The topological polar surface area (TPSA) is 120 Å². The van der Waals surface area contributed by atoms with Crippen molar-refractivity contribution in [2.24, 2.45) is 0 Å². The molecule has 0 spiro atoms. The Morgan fingerprint density at radius 3 is 2.70 bits per heavy atom. The van der Waals surface area contributed by atoms with Gasteiger partial charge in [0.15, 0.2) is 0 Å². The minimum atomic E-state index is -1.03. The number of nitrogens with zero attached hydrogens (tertiary/aromatic N) is 2. The van der Waals surface area contributed by atoms with Gasteiger partial charge in [0.2, 0.25) is 0 Å². The predicted octanol–water partition coefficient (Wildman–Crippen LogP) is 0.502. The lowest BCUT2D eigenvalue weighted by atomic mass is 10.2. The molecule has 2 amide bonds. The first kappa shape index (κ1) is 13.5. The van der Waals surface area contributed by atoms with Gasteiger partial charge in [0, 0.05) is 18.6 Å². The molecule has 8 nitrogen and oxygen atoms in total. The molecule has 0 bridgehead atoms. The molecule has 0 saturated carbocycles. The van der Waals surface area contributed by atoms with Crippen LogP contribution in [0.4, 0.5) is 4.79 Å². The first-order valence-electron chi connectivity index (χ1n) is 5.83. The van der Waals surface area contributed by atoms with Gasteiger partial charge in [-0.3, -0.25) is 4.98 Å². The Balaban J connectivity index is 1.81.